The van der Waals surface area contributed by atoms with Crippen LogP contribution in [0.1, 0.15) is 19.4 Å². The van der Waals surface area contributed by atoms with Gasteiger partial charge < -0.3 is 15.3 Å². The van der Waals surface area contributed by atoms with Gasteiger partial charge in [0.15, 0.2) is 0 Å². The van der Waals surface area contributed by atoms with Crippen molar-refractivity contribution in [2.75, 3.05) is 27.2 Å². The third-order valence-electron chi connectivity index (χ3n) is 2.75. The second kappa shape index (κ2) is 7.07. The highest BCUT2D eigenvalue weighted by molar-refractivity contribution is 9.11. The fourth-order valence-corrected chi connectivity index (χ4v) is 3.46. The fourth-order valence-electron chi connectivity index (χ4n) is 2.18. The van der Waals surface area contributed by atoms with Crippen LogP contribution >= 0.6 is 31.9 Å². The van der Waals surface area contributed by atoms with Gasteiger partial charge in [0.05, 0.1) is 8.95 Å². The van der Waals surface area contributed by atoms with Gasteiger partial charge in [-0.3, -0.25) is 0 Å². The first-order valence-electron chi connectivity index (χ1n) is 6.23. The maximum Gasteiger partial charge on any atom is 0.143 e. The zero-order valence-corrected chi connectivity index (χ0v) is 15.1. The second-order valence-electron chi connectivity index (χ2n) is 5.91. The molecule has 5 heteroatoms. The van der Waals surface area contributed by atoms with Gasteiger partial charge in [-0.2, -0.15) is 0 Å². The number of benzene rings is 1. The normalized spacial score (nSPS) is 12.2. The van der Waals surface area contributed by atoms with E-state index in [4.69, 9.17) is 0 Å². The molecule has 2 N–H and O–H groups in total. The summed E-state index contributed by atoms with van der Waals surface area (Å²) in [7, 11) is 4.19. The summed E-state index contributed by atoms with van der Waals surface area (Å²) < 4.78 is 1.43. The molecule has 0 unspecified atom stereocenters. The van der Waals surface area contributed by atoms with Crippen molar-refractivity contribution >= 4 is 31.9 Å². The van der Waals surface area contributed by atoms with E-state index in [1.807, 2.05) is 12.1 Å². The van der Waals surface area contributed by atoms with Crippen LogP contribution in [0.15, 0.2) is 21.1 Å². The van der Waals surface area contributed by atoms with Crippen molar-refractivity contribution in [1.82, 2.24) is 10.2 Å². The summed E-state index contributed by atoms with van der Waals surface area (Å²) in [5.41, 5.74) is 1.37. The molecule has 19 heavy (non-hydrogen) atoms. The minimum atomic E-state index is 0.231. The van der Waals surface area contributed by atoms with E-state index in [0.717, 1.165) is 25.2 Å². The van der Waals surface area contributed by atoms with Crippen LogP contribution in [-0.4, -0.2) is 37.2 Å². The first kappa shape index (κ1) is 17.0. The van der Waals surface area contributed by atoms with Gasteiger partial charge in [0.1, 0.15) is 5.75 Å². The van der Waals surface area contributed by atoms with Gasteiger partial charge >= 0.3 is 0 Å². The molecule has 0 spiro atoms. The predicted octanol–water partition coefficient (Wildman–Crippen LogP) is 3.59. The summed E-state index contributed by atoms with van der Waals surface area (Å²) in [6.45, 7) is 7.28. The highest BCUT2D eigenvalue weighted by atomic mass is 79.9. The van der Waals surface area contributed by atoms with Gasteiger partial charge in [-0.25, -0.2) is 0 Å². The molecule has 0 bridgehead atoms. The number of phenolic OH excluding ortho intramolecular Hbond substituents is 1. The molecule has 0 aliphatic carbocycles. The minimum absolute atomic E-state index is 0.231. The summed E-state index contributed by atoms with van der Waals surface area (Å²) in [4.78, 5) is 2.20. The Bertz CT molecular complexity index is 410. The van der Waals surface area contributed by atoms with Crippen molar-refractivity contribution in [2.45, 2.75) is 20.4 Å². The number of hydrogen-bond donors (Lipinski definition) is 2. The highest BCUT2D eigenvalue weighted by Gasteiger charge is 2.18. The maximum atomic E-state index is 9.66. The molecule has 0 aromatic heterocycles. The van der Waals surface area contributed by atoms with Crippen LogP contribution in [0, 0.1) is 5.41 Å². The van der Waals surface area contributed by atoms with Crippen LogP contribution in [-0.2, 0) is 6.54 Å². The van der Waals surface area contributed by atoms with E-state index in [-0.39, 0.29) is 11.2 Å². The van der Waals surface area contributed by atoms with Gasteiger partial charge in [-0.05, 0) is 69.1 Å². The Morgan fingerprint density at radius 3 is 2.21 bits per heavy atom. The molecule has 1 aromatic carbocycles. The Morgan fingerprint density at radius 1 is 1.21 bits per heavy atom. The van der Waals surface area contributed by atoms with E-state index in [1.165, 1.54) is 0 Å². The van der Waals surface area contributed by atoms with Crippen molar-refractivity contribution in [3.63, 3.8) is 0 Å². The Hall–Kier alpha value is -0.100. The number of nitrogens with one attached hydrogen (secondary N) is 1. The third-order valence-corrected chi connectivity index (χ3v) is 3.96. The zero-order valence-electron chi connectivity index (χ0n) is 11.9. The molecule has 0 fully saturated rings. The largest absolute Gasteiger partial charge is 0.506 e. The Morgan fingerprint density at radius 2 is 1.74 bits per heavy atom. The van der Waals surface area contributed by atoms with E-state index in [1.54, 1.807) is 0 Å². The molecule has 108 valence electrons. The first-order valence-corrected chi connectivity index (χ1v) is 7.82. The topological polar surface area (TPSA) is 35.5 Å². The van der Waals surface area contributed by atoms with Gasteiger partial charge in [0, 0.05) is 19.6 Å². The van der Waals surface area contributed by atoms with Crippen LogP contribution in [0.3, 0.4) is 0 Å². The minimum Gasteiger partial charge on any atom is -0.506 e. The van der Waals surface area contributed by atoms with Crippen molar-refractivity contribution < 1.29 is 5.11 Å². The van der Waals surface area contributed by atoms with E-state index < -0.39 is 0 Å². The number of aromatic hydroxyl groups is 1. The molecular formula is C14H22Br2N2O. The standard InChI is InChI=1S/C14H22Br2N2O/c1-14(2,9-18(3)4)8-17-7-10-5-11(15)13(19)12(16)6-10/h5-6,17,19H,7-9H2,1-4H3. The highest BCUT2D eigenvalue weighted by Crippen LogP contribution is 2.33. The maximum absolute atomic E-state index is 9.66. The Balaban J connectivity index is 2.54. The van der Waals surface area contributed by atoms with Gasteiger partial charge in [0.2, 0.25) is 0 Å². The average molecular weight is 394 g/mol. The SMILES string of the molecule is CN(C)CC(C)(C)CNCc1cc(Br)c(O)c(Br)c1. The molecule has 1 rings (SSSR count). The van der Waals surface area contributed by atoms with Crippen LogP contribution in [0.2, 0.25) is 0 Å². The molecule has 0 aliphatic rings. The smallest absolute Gasteiger partial charge is 0.143 e. The zero-order chi connectivity index (χ0) is 14.6. The summed E-state index contributed by atoms with van der Waals surface area (Å²) in [6.07, 6.45) is 0. The van der Waals surface area contributed by atoms with E-state index >= 15 is 0 Å². The van der Waals surface area contributed by atoms with Gasteiger partial charge in [-0.1, -0.05) is 13.8 Å². The summed E-state index contributed by atoms with van der Waals surface area (Å²) in [5.74, 6) is 0.247. The van der Waals surface area contributed by atoms with Gasteiger partial charge in [0.25, 0.3) is 0 Å². The molecule has 0 saturated heterocycles. The van der Waals surface area contributed by atoms with Crippen molar-refractivity contribution in [2.24, 2.45) is 5.41 Å². The van der Waals surface area contributed by atoms with E-state index in [0.29, 0.717) is 8.95 Å². The molecule has 0 radical (unpaired) electrons. The predicted molar refractivity (Wildman–Crippen MR) is 87.5 cm³/mol. The first-order chi connectivity index (χ1) is 8.71. The molecule has 0 aliphatic heterocycles. The number of rotatable bonds is 6. The molecule has 0 saturated carbocycles. The third kappa shape index (κ3) is 5.81. The lowest BCUT2D eigenvalue weighted by atomic mass is 9.93. The van der Waals surface area contributed by atoms with Crippen LogP contribution < -0.4 is 5.32 Å². The number of hydrogen-bond acceptors (Lipinski definition) is 3. The quantitative estimate of drug-likeness (QED) is 0.775. The molecule has 3 nitrogen and oxygen atoms in total. The van der Waals surface area contributed by atoms with E-state index in [9.17, 15) is 5.11 Å². The summed E-state index contributed by atoms with van der Waals surface area (Å²) in [5, 5.41) is 13.1. The number of nitrogens with zero attached hydrogens (tertiary/aromatic N) is 1. The van der Waals surface area contributed by atoms with Crippen LogP contribution in [0.5, 0.6) is 5.75 Å². The lowest BCUT2D eigenvalue weighted by molar-refractivity contribution is 0.232. The van der Waals surface area contributed by atoms with Crippen molar-refractivity contribution in [1.29, 1.82) is 0 Å². The lowest BCUT2D eigenvalue weighted by Gasteiger charge is -2.28. The lowest BCUT2D eigenvalue weighted by Crippen LogP contribution is -2.37. The summed E-state index contributed by atoms with van der Waals surface area (Å²) in [6, 6.07) is 3.87. The molecule has 0 heterocycles. The molecule has 0 amide bonds. The fraction of sp³-hybridized carbons (Fsp3) is 0.571. The monoisotopic (exact) mass is 392 g/mol. The second-order valence-corrected chi connectivity index (χ2v) is 7.62. The molecule has 0 atom stereocenters. The van der Waals surface area contributed by atoms with Crippen LogP contribution in [0.4, 0.5) is 0 Å². The number of phenols is 1. The van der Waals surface area contributed by atoms with Crippen molar-refractivity contribution in [3.05, 3.63) is 26.6 Å². The number of halogens is 2. The van der Waals surface area contributed by atoms with Crippen LogP contribution in [0.25, 0.3) is 0 Å². The molecule has 1 aromatic rings. The Labute approximate surface area is 132 Å². The average Bonchev–Trinajstić information content (AvgIpc) is 2.23. The van der Waals surface area contributed by atoms with Gasteiger partial charge in [-0.15, -0.1) is 0 Å². The van der Waals surface area contributed by atoms with E-state index in [2.05, 4.69) is 70.0 Å². The van der Waals surface area contributed by atoms with Crippen molar-refractivity contribution in [3.8, 4) is 5.75 Å². The summed E-state index contributed by atoms with van der Waals surface area (Å²) >= 11 is 6.69. The Kier molecular flexibility index (Phi) is 6.30. The molecular weight excluding hydrogens is 372 g/mol.